The fourth-order valence-electron chi connectivity index (χ4n) is 2.60. The number of halogens is 14. The van der Waals surface area contributed by atoms with Crippen molar-refractivity contribution in [2.24, 2.45) is 0 Å². The maximum atomic E-state index is 13.4. The number of hydrogen-bond donors (Lipinski definition) is 0. The third kappa shape index (κ3) is 5.56. The zero-order chi connectivity index (χ0) is 24.2. The van der Waals surface area contributed by atoms with Crippen molar-refractivity contribution in [3.8, 4) is 0 Å². The fourth-order valence-corrected chi connectivity index (χ4v) is 10.2. The molecular weight excluding hydrogens is 564 g/mol. The van der Waals surface area contributed by atoms with Crippen LogP contribution >= 0.6 is 20.0 Å². The molecule has 2 rings (SSSR count). The fraction of sp³-hybridized carbons (Fsp3) is 0.250. The van der Waals surface area contributed by atoms with Gasteiger partial charge in [0.05, 0.1) is 0 Å². The standard InChI is InChI=1S/C16H6Cl2F12Ge/c17-31(18,11-3-1-7(13(19,20)21)5-9(11)15(25,26)27)12-4-2-8(14(22,23)24)6-10(12)16(28,29)30/h1-6H. The molecule has 0 fully saturated rings. The van der Waals surface area contributed by atoms with Gasteiger partial charge in [-0.2, -0.15) is 0 Å². The molecule has 0 spiro atoms. The topological polar surface area (TPSA) is 0 Å². The predicted molar refractivity (Wildman–Crippen MR) is 89.6 cm³/mol. The van der Waals surface area contributed by atoms with Crippen molar-refractivity contribution in [1.82, 2.24) is 0 Å². The summed E-state index contributed by atoms with van der Waals surface area (Å²) in [4.78, 5) is 0. The summed E-state index contributed by atoms with van der Waals surface area (Å²) < 4.78 is 155. The van der Waals surface area contributed by atoms with Gasteiger partial charge in [0, 0.05) is 0 Å². The van der Waals surface area contributed by atoms with Gasteiger partial charge in [-0.25, -0.2) is 0 Å². The number of rotatable bonds is 2. The number of benzene rings is 2. The average Bonchev–Trinajstić information content (AvgIpc) is 2.57. The Labute approximate surface area is 176 Å². The van der Waals surface area contributed by atoms with Gasteiger partial charge in [0.2, 0.25) is 0 Å². The van der Waals surface area contributed by atoms with Gasteiger partial charge >= 0.3 is 176 Å². The summed E-state index contributed by atoms with van der Waals surface area (Å²) in [5.41, 5.74) is -7.59. The predicted octanol–water partition coefficient (Wildman–Crippen LogP) is 6.80. The maximum absolute atomic E-state index is 13.4. The van der Waals surface area contributed by atoms with Gasteiger partial charge in [-0.05, 0) is 0 Å². The van der Waals surface area contributed by atoms with Crippen LogP contribution in [0.25, 0.3) is 0 Å². The van der Waals surface area contributed by atoms with Crippen LogP contribution in [-0.4, -0.2) is 11.4 Å². The van der Waals surface area contributed by atoms with Crippen LogP contribution in [0.5, 0.6) is 0 Å². The van der Waals surface area contributed by atoms with Crippen molar-refractivity contribution >= 4 is 40.2 Å². The van der Waals surface area contributed by atoms with Crippen molar-refractivity contribution in [1.29, 1.82) is 0 Å². The summed E-state index contributed by atoms with van der Waals surface area (Å²) >= 11 is -5.80. The molecule has 0 atom stereocenters. The monoisotopic (exact) mass is 570 g/mol. The van der Waals surface area contributed by atoms with E-state index in [0.29, 0.717) is 0 Å². The van der Waals surface area contributed by atoms with Gasteiger partial charge in [-0.3, -0.25) is 0 Å². The van der Waals surface area contributed by atoms with Crippen LogP contribution in [0.4, 0.5) is 52.7 Å². The molecule has 2 aromatic carbocycles. The Kier molecular flexibility index (Phi) is 6.66. The van der Waals surface area contributed by atoms with Crippen LogP contribution < -0.4 is 8.79 Å². The first-order chi connectivity index (χ1) is 13.7. The molecule has 0 amide bonds. The van der Waals surface area contributed by atoms with Crippen molar-refractivity contribution in [2.45, 2.75) is 24.7 Å². The Morgan fingerprint density at radius 1 is 0.484 bits per heavy atom. The van der Waals surface area contributed by atoms with Gasteiger partial charge in [0.25, 0.3) is 0 Å². The number of alkyl halides is 12. The van der Waals surface area contributed by atoms with E-state index in [0.717, 1.165) is 0 Å². The first-order valence-electron chi connectivity index (χ1n) is 7.62. The second kappa shape index (κ2) is 7.94. The summed E-state index contributed by atoms with van der Waals surface area (Å²) in [6.07, 6.45) is -21.4. The second-order valence-electron chi connectivity index (χ2n) is 6.09. The van der Waals surface area contributed by atoms with Crippen LogP contribution in [0, 0.1) is 0 Å². The number of hydrogen-bond acceptors (Lipinski definition) is 0. The van der Waals surface area contributed by atoms with E-state index in [1.165, 1.54) is 0 Å². The Bertz CT molecular complexity index is 893. The molecule has 31 heavy (non-hydrogen) atoms. The normalized spacial score (nSPS) is 14.1. The zero-order valence-electron chi connectivity index (χ0n) is 14.3. The molecule has 0 radical (unpaired) electrons. The van der Waals surface area contributed by atoms with Crippen LogP contribution in [-0.2, 0) is 24.7 Å². The summed E-state index contributed by atoms with van der Waals surface area (Å²) in [6.45, 7) is 0. The van der Waals surface area contributed by atoms with E-state index in [4.69, 9.17) is 20.0 Å². The van der Waals surface area contributed by atoms with Crippen molar-refractivity contribution < 1.29 is 52.7 Å². The minimum atomic E-state index is -5.80. The third-order valence-corrected chi connectivity index (χ3v) is 12.9. The van der Waals surface area contributed by atoms with Gasteiger partial charge < -0.3 is 0 Å². The molecule has 0 unspecified atom stereocenters. The molecule has 0 saturated heterocycles. The Balaban J connectivity index is 2.84. The third-order valence-electron chi connectivity index (χ3n) is 3.98. The first-order valence-corrected chi connectivity index (χ1v) is 15.2. The van der Waals surface area contributed by atoms with Gasteiger partial charge in [0.1, 0.15) is 0 Å². The molecule has 0 aliphatic heterocycles. The average molecular weight is 570 g/mol. The molecule has 0 aliphatic rings. The second-order valence-corrected chi connectivity index (χ2v) is 17.7. The molecule has 2 aromatic rings. The molecule has 0 aliphatic carbocycles. The van der Waals surface area contributed by atoms with E-state index in [2.05, 4.69) is 0 Å². The first kappa shape index (κ1) is 26.0. The van der Waals surface area contributed by atoms with E-state index < -0.39 is 67.2 Å². The SMILES string of the molecule is FC(F)(F)c1cc[c]([Ge]([Cl])([Cl])[c]2ccc(C(F)(F)F)cc2C(F)(F)F)c(C(F)(F)F)c1. The molecule has 0 nitrogen and oxygen atoms in total. The molecule has 0 bridgehead atoms. The summed E-state index contributed by atoms with van der Waals surface area (Å²) in [6, 6.07) is -0.0405. The summed E-state index contributed by atoms with van der Waals surface area (Å²) in [5, 5.41) is 0. The molecule has 172 valence electrons. The van der Waals surface area contributed by atoms with Crippen LogP contribution in [0.3, 0.4) is 0 Å². The zero-order valence-corrected chi connectivity index (χ0v) is 17.9. The summed E-state index contributed by atoms with van der Waals surface area (Å²) in [5.74, 6) is 0. The van der Waals surface area contributed by atoms with Crippen molar-refractivity contribution in [3.05, 3.63) is 58.7 Å². The minimum absolute atomic E-state index is 0.146. The van der Waals surface area contributed by atoms with Crippen LogP contribution in [0.15, 0.2) is 36.4 Å². The van der Waals surface area contributed by atoms with E-state index in [1.807, 2.05) is 0 Å². The Morgan fingerprint density at radius 2 is 0.774 bits per heavy atom. The van der Waals surface area contributed by atoms with E-state index >= 15 is 0 Å². The quantitative estimate of drug-likeness (QED) is 0.276. The van der Waals surface area contributed by atoms with Crippen molar-refractivity contribution in [3.63, 3.8) is 0 Å². The molecule has 0 aromatic heterocycles. The van der Waals surface area contributed by atoms with Gasteiger partial charge in [-0.15, -0.1) is 0 Å². The van der Waals surface area contributed by atoms with Crippen LogP contribution in [0.1, 0.15) is 22.3 Å². The van der Waals surface area contributed by atoms with E-state index in [1.54, 1.807) is 0 Å². The molecular formula is C16H6Cl2F12Ge. The van der Waals surface area contributed by atoms with Crippen LogP contribution in [0.2, 0.25) is 0 Å². The summed E-state index contributed by atoms with van der Waals surface area (Å²) in [7, 11) is 11.9. The van der Waals surface area contributed by atoms with E-state index in [9.17, 15) is 52.7 Å². The van der Waals surface area contributed by atoms with E-state index in [-0.39, 0.29) is 36.4 Å². The molecule has 0 N–H and O–H groups in total. The Hall–Kier alpha value is -1.28. The Morgan fingerprint density at radius 3 is 1.00 bits per heavy atom. The molecule has 0 saturated carbocycles. The molecule has 15 heteroatoms. The van der Waals surface area contributed by atoms with Gasteiger partial charge in [0.15, 0.2) is 0 Å². The van der Waals surface area contributed by atoms with Gasteiger partial charge in [-0.1, -0.05) is 0 Å². The molecule has 0 heterocycles. The van der Waals surface area contributed by atoms with Crippen molar-refractivity contribution in [2.75, 3.05) is 0 Å².